The van der Waals surface area contributed by atoms with Crippen LogP contribution in [0.3, 0.4) is 0 Å². The molecule has 8 aromatic carbocycles. The van der Waals surface area contributed by atoms with Gasteiger partial charge >= 0.3 is 0 Å². The smallest absolute Gasteiger partial charge is 0.144 e. The Kier molecular flexibility index (Phi) is 5.51. The lowest BCUT2D eigenvalue weighted by atomic mass is 9.87. The van der Waals surface area contributed by atoms with Crippen molar-refractivity contribution in [1.82, 2.24) is 0 Å². The molecule has 0 saturated heterocycles. The van der Waals surface area contributed by atoms with Gasteiger partial charge in [-0.1, -0.05) is 133 Å². The van der Waals surface area contributed by atoms with E-state index in [4.69, 9.17) is 4.42 Å². The van der Waals surface area contributed by atoms with Crippen molar-refractivity contribution >= 4 is 75.0 Å². The minimum absolute atomic E-state index is 0.909. The van der Waals surface area contributed by atoms with Crippen molar-refractivity contribution in [3.63, 3.8) is 0 Å². The van der Waals surface area contributed by atoms with Gasteiger partial charge in [-0.25, -0.2) is 0 Å². The predicted molar refractivity (Wildman–Crippen MR) is 198 cm³/mol. The molecule has 0 fully saturated rings. The average molecular weight is 603 g/mol. The summed E-state index contributed by atoms with van der Waals surface area (Å²) in [4.78, 5) is 0. The summed E-state index contributed by atoms with van der Waals surface area (Å²) in [6, 6.07) is 57.1. The molecule has 10 rings (SSSR count). The first-order valence-corrected chi connectivity index (χ1v) is 16.5. The van der Waals surface area contributed by atoms with Gasteiger partial charge in [-0.3, -0.25) is 0 Å². The minimum Gasteiger partial charge on any atom is -0.455 e. The Morgan fingerprint density at radius 2 is 1.09 bits per heavy atom. The Morgan fingerprint density at radius 1 is 0.391 bits per heavy atom. The Bertz CT molecular complexity index is 2800. The van der Waals surface area contributed by atoms with E-state index < -0.39 is 0 Å². The minimum atomic E-state index is 0.909. The lowest BCUT2D eigenvalue weighted by Gasteiger charge is -2.15. The van der Waals surface area contributed by atoms with E-state index >= 15 is 0 Å². The largest absolute Gasteiger partial charge is 0.455 e. The van der Waals surface area contributed by atoms with E-state index in [1.54, 1.807) is 0 Å². The summed E-state index contributed by atoms with van der Waals surface area (Å²) in [5.74, 6) is 0. The van der Waals surface area contributed by atoms with Crippen LogP contribution in [0.25, 0.3) is 97.0 Å². The van der Waals surface area contributed by atoms with Gasteiger partial charge in [-0.05, 0) is 68.1 Å². The zero-order chi connectivity index (χ0) is 30.2. The molecule has 0 bridgehead atoms. The molecule has 0 aliphatic rings. The van der Waals surface area contributed by atoms with Gasteiger partial charge in [0.1, 0.15) is 11.2 Å². The van der Waals surface area contributed by atoms with Crippen LogP contribution >= 0.6 is 11.3 Å². The van der Waals surface area contributed by atoms with Gasteiger partial charge in [0.15, 0.2) is 0 Å². The number of rotatable bonds is 3. The number of para-hydroxylation sites is 1. The molecule has 2 heteroatoms. The highest BCUT2D eigenvalue weighted by atomic mass is 32.1. The van der Waals surface area contributed by atoms with E-state index in [9.17, 15) is 0 Å². The molecule has 0 amide bonds. The molecule has 0 atom stereocenters. The van der Waals surface area contributed by atoms with Gasteiger partial charge in [-0.15, -0.1) is 11.3 Å². The van der Waals surface area contributed by atoms with E-state index in [1.807, 2.05) is 11.3 Å². The zero-order valence-electron chi connectivity index (χ0n) is 24.8. The van der Waals surface area contributed by atoms with Crippen LogP contribution < -0.4 is 0 Å². The van der Waals surface area contributed by atoms with Crippen molar-refractivity contribution in [3.05, 3.63) is 158 Å². The SMILES string of the molecule is c1ccc(-c2cccc3sc4cc(-c5c6ccccc6c(-c6ccc7ccccc7c6)c6c5oc5ccccc56)ccc4c23)cc1. The van der Waals surface area contributed by atoms with Crippen molar-refractivity contribution in [3.8, 4) is 33.4 Å². The topological polar surface area (TPSA) is 13.1 Å². The third kappa shape index (κ3) is 3.74. The van der Waals surface area contributed by atoms with Crippen LogP contribution in [0.4, 0.5) is 0 Å². The normalized spacial score (nSPS) is 11.9. The van der Waals surface area contributed by atoms with Gasteiger partial charge in [0.25, 0.3) is 0 Å². The maximum absolute atomic E-state index is 6.85. The van der Waals surface area contributed by atoms with E-state index in [0.29, 0.717) is 0 Å². The molecule has 0 aliphatic heterocycles. The molecular weight excluding hydrogens is 577 g/mol. The quantitative estimate of drug-likeness (QED) is 0.196. The van der Waals surface area contributed by atoms with Crippen LogP contribution in [0.2, 0.25) is 0 Å². The lowest BCUT2D eigenvalue weighted by Crippen LogP contribution is -1.89. The van der Waals surface area contributed by atoms with E-state index in [2.05, 4.69) is 158 Å². The van der Waals surface area contributed by atoms with Crippen molar-refractivity contribution < 1.29 is 4.42 Å². The average Bonchev–Trinajstić information content (AvgIpc) is 3.69. The first kappa shape index (κ1) is 25.6. The summed E-state index contributed by atoms with van der Waals surface area (Å²) >= 11 is 1.87. The summed E-state index contributed by atoms with van der Waals surface area (Å²) in [6.07, 6.45) is 0. The molecule has 10 aromatic rings. The summed E-state index contributed by atoms with van der Waals surface area (Å²) in [6.45, 7) is 0. The number of hydrogen-bond acceptors (Lipinski definition) is 2. The molecule has 0 saturated carbocycles. The highest BCUT2D eigenvalue weighted by Gasteiger charge is 2.23. The van der Waals surface area contributed by atoms with E-state index in [0.717, 1.165) is 22.1 Å². The summed E-state index contributed by atoms with van der Waals surface area (Å²) in [7, 11) is 0. The summed E-state index contributed by atoms with van der Waals surface area (Å²) in [5.41, 5.74) is 9.12. The fourth-order valence-electron chi connectivity index (χ4n) is 7.42. The molecule has 2 heterocycles. The van der Waals surface area contributed by atoms with Crippen LogP contribution in [0.5, 0.6) is 0 Å². The van der Waals surface area contributed by atoms with Gasteiger partial charge in [0, 0.05) is 42.1 Å². The third-order valence-corrected chi connectivity index (χ3v) is 10.6. The molecular formula is C44H26OS. The van der Waals surface area contributed by atoms with Gasteiger partial charge in [-0.2, -0.15) is 0 Å². The second-order valence-corrected chi connectivity index (χ2v) is 13.1. The Labute approximate surface area is 269 Å². The zero-order valence-corrected chi connectivity index (χ0v) is 25.6. The molecule has 0 unspecified atom stereocenters. The van der Waals surface area contributed by atoms with E-state index in [1.165, 1.54) is 74.9 Å². The highest BCUT2D eigenvalue weighted by Crippen LogP contribution is 2.49. The van der Waals surface area contributed by atoms with Crippen LogP contribution in [0, 0.1) is 0 Å². The Hall–Kier alpha value is -5.70. The number of thiophene rings is 1. The lowest BCUT2D eigenvalue weighted by molar-refractivity contribution is 0.670. The van der Waals surface area contributed by atoms with Gasteiger partial charge in [0.05, 0.1) is 0 Å². The van der Waals surface area contributed by atoms with Crippen molar-refractivity contribution in [2.24, 2.45) is 0 Å². The van der Waals surface area contributed by atoms with Crippen LogP contribution in [0.1, 0.15) is 0 Å². The van der Waals surface area contributed by atoms with Gasteiger partial charge in [0.2, 0.25) is 0 Å². The van der Waals surface area contributed by atoms with Gasteiger partial charge < -0.3 is 4.42 Å². The molecule has 46 heavy (non-hydrogen) atoms. The number of benzene rings is 8. The van der Waals surface area contributed by atoms with Crippen LogP contribution in [-0.4, -0.2) is 0 Å². The second kappa shape index (κ2) is 9.90. The van der Waals surface area contributed by atoms with Crippen molar-refractivity contribution in [2.45, 2.75) is 0 Å². The van der Waals surface area contributed by atoms with Crippen LogP contribution in [0.15, 0.2) is 162 Å². The Morgan fingerprint density at radius 3 is 1.96 bits per heavy atom. The highest BCUT2D eigenvalue weighted by molar-refractivity contribution is 7.26. The number of fused-ring (bicyclic) bond motifs is 8. The standard InChI is InChI=1S/C44H26OS/c1-2-12-28(13-3-1)32-18-10-20-38-42(32)36-24-23-31(26-39(36)46-38)41-34-16-7-6-15-33(34)40(30-22-21-27-11-4-5-14-29(27)25-30)43-35-17-8-9-19-37(35)45-44(41)43/h1-26H. The molecule has 0 radical (unpaired) electrons. The van der Waals surface area contributed by atoms with E-state index in [-0.39, 0.29) is 0 Å². The molecule has 2 aromatic heterocycles. The maximum atomic E-state index is 6.85. The monoisotopic (exact) mass is 602 g/mol. The van der Waals surface area contributed by atoms with Crippen molar-refractivity contribution in [2.75, 3.05) is 0 Å². The Balaban J connectivity index is 1.29. The first-order chi connectivity index (χ1) is 22.8. The summed E-state index contributed by atoms with van der Waals surface area (Å²) in [5, 5.41) is 9.83. The molecule has 1 nitrogen and oxygen atoms in total. The molecule has 0 N–H and O–H groups in total. The molecule has 214 valence electrons. The number of furan rings is 1. The molecule has 0 spiro atoms. The molecule has 0 aliphatic carbocycles. The second-order valence-electron chi connectivity index (χ2n) is 12.0. The maximum Gasteiger partial charge on any atom is 0.144 e. The fraction of sp³-hybridized carbons (Fsp3) is 0. The van der Waals surface area contributed by atoms with Crippen LogP contribution in [-0.2, 0) is 0 Å². The number of hydrogen-bond donors (Lipinski definition) is 0. The van der Waals surface area contributed by atoms with Crippen molar-refractivity contribution in [1.29, 1.82) is 0 Å². The predicted octanol–water partition coefficient (Wildman–Crippen LogP) is 13.3. The fourth-order valence-corrected chi connectivity index (χ4v) is 8.59. The summed E-state index contributed by atoms with van der Waals surface area (Å²) < 4.78 is 9.43. The first-order valence-electron chi connectivity index (χ1n) is 15.7. The third-order valence-electron chi connectivity index (χ3n) is 9.45.